The summed E-state index contributed by atoms with van der Waals surface area (Å²) in [7, 11) is 0. The van der Waals surface area contributed by atoms with Crippen LogP contribution in [0, 0.1) is 11.6 Å². The molecule has 1 aromatic carbocycles. The minimum Gasteiger partial charge on any atom is -0.379 e. The second-order valence-corrected chi connectivity index (χ2v) is 7.65. The Balaban J connectivity index is 1.66. The molecular weight excluding hydrogens is 338 g/mol. The number of piperidine rings is 1. The Morgan fingerprint density at radius 3 is 2.35 bits per heavy atom. The van der Waals surface area contributed by atoms with Crippen molar-refractivity contribution in [2.45, 2.75) is 57.1 Å². The largest absolute Gasteiger partial charge is 0.379 e. The molecule has 2 fully saturated rings. The number of rotatable bonds is 4. The van der Waals surface area contributed by atoms with E-state index in [1.165, 1.54) is 25.3 Å². The lowest BCUT2D eigenvalue weighted by Crippen LogP contribution is -2.58. The van der Waals surface area contributed by atoms with Crippen LogP contribution in [-0.2, 0) is 11.3 Å². The number of halogens is 2. The van der Waals surface area contributed by atoms with Gasteiger partial charge >= 0.3 is 0 Å². The molecule has 2 aliphatic rings. The summed E-state index contributed by atoms with van der Waals surface area (Å²) < 4.78 is 26.5. The summed E-state index contributed by atoms with van der Waals surface area (Å²) in [6.45, 7) is 2.91. The minimum absolute atomic E-state index is 0.193. The minimum atomic E-state index is -1.38. The molecule has 1 atom stereocenters. The molecule has 0 bridgehead atoms. The summed E-state index contributed by atoms with van der Waals surface area (Å²) >= 11 is 0. The number of amides is 1. The zero-order valence-corrected chi connectivity index (χ0v) is 15.2. The molecule has 0 aromatic heterocycles. The van der Waals surface area contributed by atoms with Crippen molar-refractivity contribution in [3.05, 3.63) is 35.4 Å². The van der Waals surface area contributed by atoms with E-state index in [1.54, 1.807) is 4.90 Å². The lowest BCUT2D eigenvalue weighted by Gasteiger charge is -2.41. The highest BCUT2D eigenvalue weighted by Crippen LogP contribution is 2.26. The first-order valence-corrected chi connectivity index (χ1v) is 9.66. The second-order valence-electron chi connectivity index (χ2n) is 7.65. The number of hydrogen-bond donors (Lipinski definition) is 1. The van der Waals surface area contributed by atoms with E-state index in [-0.39, 0.29) is 12.5 Å². The lowest BCUT2D eigenvalue weighted by molar-refractivity contribution is -0.160. The maximum absolute atomic E-state index is 13.4. The van der Waals surface area contributed by atoms with Gasteiger partial charge in [0.1, 0.15) is 0 Å². The van der Waals surface area contributed by atoms with Gasteiger partial charge in [-0.1, -0.05) is 25.3 Å². The number of likely N-dealkylation sites (tertiary alicyclic amines) is 2. The number of carbonyl (C=O) groups excluding carboxylic acids is 1. The topological polar surface area (TPSA) is 43.8 Å². The van der Waals surface area contributed by atoms with E-state index < -0.39 is 17.2 Å². The Morgan fingerprint density at radius 1 is 0.962 bits per heavy atom. The van der Waals surface area contributed by atoms with Gasteiger partial charge in [-0.15, -0.1) is 0 Å². The average molecular weight is 366 g/mol. The Kier molecular flexibility index (Phi) is 6.24. The molecule has 2 heterocycles. The molecule has 3 rings (SSSR count). The van der Waals surface area contributed by atoms with Crippen molar-refractivity contribution in [2.24, 2.45) is 0 Å². The smallest absolute Gasteiger partial charge is 0.256 e. The highest BCUT2D eigenvalue weighted by Gasteiger charge is 2.43. The summed E-state index contributed by atoms with van der Waals surface area (Å²) in [5.41, 5.74) is -0.844. The predicted octanol–water partition coefficient (Wildman–Crippen LogP) is 3.08. The summed E-state index contributed by atoms with van der Waals surface area (Å²) in [6.07, 6.45) is 7.03. The average Bonchev–Trinajstić information content (AvgIpc) is 2.58. The van der Waals surface area contributed by atoms with Gasteiger partial charge in [0.25, 0.3) is 5.91 Å². The molecule has 0 saturated carbocycles. The summed E-state index contributed by atoms with van der Waals surface area (Å²) in [6, 6.07) is 3.68. The van der Waals surface area contributed by atoms with E-state index in [4.69, 9.17) is 0 Å². The summed E-state index contributed by atoms with van der Waals surface area (Å²) in [4.78, 5) is 16.7. The Labute approximate surface area is 153 Å². The van der Waals surface area contributed by atoms with E-state index in [2.05, 4.69) is 4.90 Å². The third kappa shape index (κ3) is 4.60. The fourth-order valence-corrected chi connectivity index (χ4v) is 4.06. The second kappa shape index (κ2) is 8.44. The highest BCUT2D eigenvalue weighted by atomic mass is 19.2. The van der Waals surface area contributed by atoms with Gasteiger partial charge < -0.3 is 10.0 Å². The van der Waals surface area contributed by atoms with Crippen LogP contribution in [0.4, 0.5) is 8.78 Å². The third-order valence-corrected chi connectivity index (χ3v) is 5.50. The molecule has 0 spiro atoms. The first-order chi connectivity index (χ1) is 12.5. The van der Waals surface area contributed by atoms with Crippen LogP contribution in [0.5, 0.6) is 0 Å². The van der Waals surface area contributed by atoms with E-state index in [0.29, 0.717) is 31.5 Å². The molecule has 1 aromatic rings. The summed E-state index contributed by atoms with van der Waals surface area (Å²) in [5, 5.41) is 11.0. The van der Waals surface area contributed by atoms with Gasteiger partial charge in [0, 0.05) is 19.6 Å². The van der Waals surface area contributed by atoms with Gasteiger partial charge in [0.05, 0.1) is 0 Å². The Morgan fingerprint density at radius 2 is 1.65 bits per heavy atom. The monoisotopic (exact) mass is 366 g/mol. The number of benzene rings is 1. The van der Waals surface area contributed by atoms with Crippen molar-refractivity contribution in [3.8, 4) is 0 Å². The van der Waals surface area contributed by atoms with Crippen LogP contribution >= 0.6 is 0 Å². The molecule has 1 unspecified atom stereocenters. The van der Waals surface area contributed by atoms with Crippen LogP contribution in [-0.4, -0.2) is 52.6 Å². The Bertz CT molecular complexity index is 632. The van der Waals surface area contributed by atoms with Crippen LogP contribution < -0.4 is 0 Å². The van der Waals surface area contributed by atoms with E-state index in [9.17, 15) is 18.7 Å². The first-order valence-electron chi connectivity index (χ1n) is 9.66. The van der Waals surface area contributed by atoms with Gasteiger partial charge in [-0.2, -0.15) is 0 Å². The molecule has 0 aliphatic carbocycles. The Hall–Kier alpha value is -1.53. The van der Waals surface area contributed by atoms with Gasteiger partial charge in [-0.3, -0.25) is 9.69 Å². The highest BCUT2D eigenvalue weighted by molar-refractivity contribution is 5.86. The molecule has 2 aliphatic heterocycles. The fourth-order valence-electron chi connectivity index (χ4n) is 4.06. The van der Waals surface area contributed by atoms with E-state index in [0.717, 1.165) is 38.1 Å². The van der Waals surface area contributed by atoms with Crippen LogP contribution in [0.3, 0.4) is 0 Å². The van der Waals surface area contributed by atoms with Crippen LogP contribution in [0.2, 0.25) is 0 Å². The van der Waals surface area contributed by atoms with Gasteiger partial charge in [0.15, 0.2) is 17.2 Å². The van der Waals surface area contributed by atoms with E-state index >= 15 is 0 Å². The van der Waals surface area contributed by atoms with Crippen LogP contribution in [0.25, 0.3) is 0 Å². The van der Waals surface area contributed by atoms with Crippen molar-refractivity contribution in [2.75, 3.05) is 26.2 Å². The molecule has 2 saturated heterocycles. The standard InChI is InChI=1S/C20H28F2N2O2/c21-17-8-7-16(13-18(17)22)14-24-12-6-9-20(26,19(24)25)15-23-10-4-2-1-3-5-11-23/h7-8,13,26H,1-6,9-12,14-15H2. The maximum Gasteiger partial charge on any atom is 0.256 e. The number of aliphatic hydroxyl groups is 1. The first kappa shape index (κ1) is 19.2. The van der Waals surface area contributed by atoms with Crippen LogP contribution in [0.1, 0.15) is 50.5 Å². The molecule has 1 amide bonds. The van der Waals surface area contributed by atoms with E-state index in [1.807, 2.05) is 0 Å². The number of carbonyl (C=O) groups is 1. The number of β-amino-alcohol motifs (C(OH)–C–C–N with tert-alkyl or cyclic N) is 1. The fraction of sp³-hybridized carbons (Fsp3) is 0.650. The van der Waals surface area contributed by atoms with Gasteiger partial charge in [0.2, 0.25) is 0 Å². The van der Waals surface area contributed by atoms with Crippen LogP contribution in [0.15, 0.2) is 18.2 Å². The number of nitrogens with zero attached hydrogens (tertiary/aromatic N) is 2. The molecular formula is C20H28F2N2O2. The normalized spacial score (nSPS) is 25.8. The van der Waals surface area contributed by atoms with Gasteiger partial charge in [-0.05, 0) is 56.5 Å². The quantitative estimate of drug-likeness (QED) is 0.891. The van der Waals surface area contributed by atoms with Crippen molar-refractivity contribution >= 4 is 5.91 Å². The summed E-state index contributed by atoms with van der Waals surface area (Å²) in [5.74, 6) is -2.11. The van der Waals surface area contributed by atoms with Crippen molar-refractivity contribution in [1.82, 2.24) is 9.80 Å². The number of hydrogen-bond acceptors (Lipinski definition) is 3. The molecule has 6 heteroatoms. The molecule has 26 heavy (non-hydrogen) atoms. The molecule has 4 nitrogen and oxygen atoms in total. The predicted molar refractivity (Wildman–Crippen MR) is 95.5 cm³/mol. The third-order valence-electron chi connectivity index (χ3n) is 5.50. The lowest BCUT2D eigenvalue weighted by atomic mass is 9.90. The van der Waals surface area contributed by atoms with Gasteiger partial charge in [-0.25, -0.2) is 8.78 Å². The zero-order chi connectivity index (χ0) is 18.6. The maximum atomic E-state index is 13.4. The SMILES string of the molecule is O=C1N(Cc2ccc(F)c(F)c2)CCCC1(O)CN1CCCCCCC1. The van der Waals surface area contributed by atoms with Crippen molar-refractivity contribution in [3.63, 3.8) is 0 Å². The van der Waals surface area contributed by atoms with Crippen molar-refractivity contribution < 1.29 is 18.7 Å². The zero-order valence-electron chi connectivity index (χ0n) is 15.2. The van der Waals surface area contributed by atoms with Crippen molar-refractivity contribution in [1.29, 1.82) is 0 Å². The molecule has 144 valence electrons. The molecule has 0 radical (unpaired) electrons. The molecule has 1 N–H and O–H groups in total.